The van der Waals surface area contributed by atoms with E-state index >= 15 is 0 Å². The number of hydrogen-bond donors (Lipinski definition) is 2. The van der Waals surface area contributed by atoms with Gasteiger partial charge in [-0.1, -0.05) is 41.4 Å². The van der Waals surface area contributed by atoms with Crippen LogP contribution in [0.2, 0.25) is 10.0 Å². The van der Waals surface area contributed by atoms with Crippen LogP contribution in [0.4, 0.5) is 10.5 Å². The largest absolute Gasteiger partial charge is 0.390 e. The molecule has 8 heteroatoms. The van der Waals surface area contributed by atoms with Crippen molar-refractivity contribution in [1.82, 2.24) is 14.7 Å². The summed E-state index contributed by atoms with van der Waals surface area (Å²) in [4.78, 5) is 14.6. The molecule has 0 bridgehead atoms. The fourth-order valence-corrected chi connectivity index (χ4v) is 4.65. The first-order valence-corrected chi connectivity index (χ1v) is 10.3. The number of nitrogens with one attached hydrogen (secondary N) is 1. The molecule has 1 aliphatic rings. The number of aliphatic hydroxyl groups is 1. The summed E-state index contributed by atoms with van der Waals surface area (Å²) in [5.74, 6) is 0. The molecule has 2 aromatic carbocycles. The highest BCUT2D eigenvalue weighted by molar-refractivity contribution is 6.35. The predicted molar refractivity (Wildman–Crippen MR) is 119 cm³/mol. The fourth-order valence-electron chi connectivity index (χ4n) is 4.06. The smallest absolute Gasteiger partial charge is 0.322 e. The van der Waals surface area contributed by atoms with Gasteiger partial charge in [0.2, 0.25) is 0 Å². The second kappa shape index (κ2) is 7.95. The van der Waals surface area contributed by atoms with Crippen molar-refractivity contribution in [2.75, 3.05) is 12.4 Å². The quantitative estimate of drug-likeness (QED) is 0.602. The Labute approximate surface area is 185 Å². The molecule has 0 aliphatic heterocycles. The van der Waals surface area contributed by atoms with Gasteiger partial charge in [-0.25, -0.2) is 9.48 Å². The van der Waals surface area contributed by atoms with Gasteiger partial charge in [-0.2, -0.15) is 5.10 Å². The van der Waals surface area contributed by atoms with Crippen LogP contribution in [0.5, 0.6) is 0 Å². The summed E-state index contributed by atoms with van der Waals surface area (Å²) >= 11 is 12.5. The summed E-state index contributed by atoms with van der Waals surface area (Å²) in [6.07, 6.45) is -0.390. The Hall–Kier alpha value is -2.54. The number of aryl methyl sites for hydroxylation is 1. The van der Waals surface area contributed by atoms with Crippen molar-refractivity contribution in [3.05, 3.63) is 75.0 Å². The number of halogens is 2. The zero-order valence-electron chi connectivity index (χ0n) is 16.9. The Bertz CT molecular complexity index is 1110. The SMILES string of the molecule is Cc1nn(-c2ccccc2)c(C)c1NC(=O)N(C)[C@@H]1c2cc(Cl)cc(Cl)c2C[C@@H]1O. The Morgan fingerprint density at radius 1 is 1.23 bits per heavy atom. The first-order chi connectivity index (χ1) is 14.3. The van der Waals surface area contributed by atoms with Gasteiger partial charge in [-0.05, 0) is 49.2 Å². The highest BCUT2D eigenvalue weighted by Gasteiger charge is 2.38. The third-order valence-corrected chi connectivity index (χ3v) is 6.11. The number of amides is 2. The maximum absolute atomic E-state index is 13.1. The third-order valence-electron chi connectivity index (χ3n) is 5.55. The molecule has 4 rings (SSSR count). The Kier molecular flexibility index (Phi) is 5.49. The Morgan fingerprint density at radius 2 is 1.93 bits per heavy atom. The minimum Gasteiger partial charge on any atom is -0.390 e. The molecule has 0 saturated carbocycles. The molecule has 3 aromatic rings. The summed E-state index contributed by atoms with van der Waals surface area (Å²) in [7, 11) is 1.65. The number of hydrogen-bond acceptors (Lipinski definition) is 3. The molecule has 0 spiro atoms. The zero-order chi connectivity index (χ0) is 21.6. The molecule has 156 valence electrons. The summed E-state index contributed by atoms with van der Waals surface area (Å²) in [5.41, 5.74) is 4.67. The van der Waals surface area contributed by atoms with Crippen molar-refractivity contribution < 1.29 is 9.90 Å². The van der Waals surface area contributed by atoms with Crippen LogP contribution in [0.25, 0.3) is 5.69 Å². The molecule has 0 saturated heterocycles. The number of fused-ring (bicyclic) bond motifs is 1. The molecule has 1 heterocycles. The van der Waals surface area contributed by atoms with Crippen LogP contribution in [0.3, 0.4) is 0 Å². The molecule has 2 amide bonds. The van der Waals surface area contributed by atoms with Gasteiger partial charge in [0.25, 0.3) is 0 Å². The molecule has 2 atom stereocenters. The molecule has 6 nitrogen and oxygen atoms in total. The lowest BCUT2D eigenvalue weighted by molar-refractivity contribution is 0.0934. The van der Waals surface area contributed by atoms with E-state index in [4.69, 9.17) is 23.2 Å². The number of aromatic nitrogens is 2. The van der Waals surface area contributed by atoms with Gasteiger partial charge in [-0.3, -0.25) is 0 Å². The number of aliphatic hydroxyl groups excluding tert-OH is 1. The van der Waals surface area contributed by atoms with Crippen LogP contribution in [0, 0.1) is 13.8 Å². The van der Waals surface area contributed by atoms with Gasteiger partial charge in [-0.15, -0.1) is 0 Å². The minimum atomic E-state index is -0.763. The number of para-hydroxylation sites is 1. The van der Waals surface area contributed by atoms with Crippen molar-refractivity contribution in [3.63, 3.8) is 0 Å². The highest BCUT2D eigenvalue weighted by Crippen LogP contribution is 2.41. The van der Waals surface area contributed by atoms with E-state index in [1.807, 2.05) is 44.2 Å². The minimum absolute atomic E-state index is 0.346. The second-order valence-corrected chi connectivity index (χ2v) is 8.35. The lowest BCUT2D eigenvalue weighted by atomic mass is 10.1. The Morgan fingerprint density at radius 3 is 2.63 bits per heavy atom. The lowest BCUT2D eigenvalue weighted by Gasteiger charge is -2.28. The van der Waals surface area contributed by atoms with E-state index in [-0.39, 0.29) is 6.03 Å². The standard InChI is InChI=1S/C22H22Cl2N4O2/c1-12-20(13(2)28(26-12)15-7-5-4-6-8-15)25-22(30)27(3)21-17-9-14(23)10-18(24)16(17)11-19(21)29/h4-10,19,21,29H,11H2,1-3H3,(H,25,30)/t19-,21+/m0/s1. The first kappa shape index (κ1) is 20.7. The maximum Gasteiger partial charge on any atom is 0.322 e. The summed E-state index contributed by atoms with van der Waals surface area (Å²) in [5, 5.41) is 19.1. The number of nitrogens with zero attached hydrogens (tertiary/aromatic N) is 3. The Balaban J connectivity index is 1.61. The molecule has 1 aromatic heterocycles. The molecule has 2 N–H and O–H groups in total. The van der Waals surface area contributed by atoms with E-state index in [0.717, 1.165) is 22.5 Å². The van der Waals surface area contributed by atoms with Gasteiger partial charge < -0.3 is 15.3 Å². The van der Waals surface area contributed by atoms with Gasteiger partial charge in [0, 0.05) is 23.5 Å². The van der Waals surface area contributed by atoms with Gasteiger partial charge in [0.05, 0.1) is 34.9 Å². The predicted octanol–water partition coefficient (Wildman–Crippen LogP) is 4.92. The van der Waals surface area contributed by atoms with E-state index in [2.05, 4.69) is 10.4 Å². The van der Waals surface area contributed by atoms with Crippen molar-refractivity contribution >= 4 is 34.9 Å². The molecule has 0 unspecified atom stereocenters. The maximum atomic E-state index is 13.1. The number of urea groups is 1. The van der Waals surface area contributed by atoms with Crippen LogP contribution in [-0.2, 0) is 6.42 Å². The average Bonchev–Trinajstić information content (AvgIpc) is 3.19. The van der Waals surface area contributed by atoms with Crippen molar-refractivity contribution in [3.8, 4) is 5.69 Å². The van der Waals surface area contributed by atoms with Crippen LogP contribution in [0.15, 0.2) is 42.5 Å². The molecule has 0 radical (unpaired) electrons. The zero-order valence-corrected chi connectivity index (χ0v) is 18.4. The summed E-state index contributed by atoms with van der Waals surface area (Å²) in [6.45, 7) is 3.75. The van der Waals surface area contributed by atoms with Gasteiger partial charge in [0.15, 0.2) is 0 Å². The molecular weight excluding hydrogens is 423 g/mol. The van der Waals surface area contributed by atoms with E-state index in [1.165, 1.54) is 4.90 Å². The van der Waals surface area contributed by atoms with Crippen LogP contribution < -0.4 is 5.32 Å². The molecule has 1 aliphatic carbocycles. The van der Waals surface area contributed by atoms with Crippen LogP contribution in [-0.4, -0.2) is 39.0 Å². The average molecular weight is 445 g/mol. The fraction of sp³-hybridized carbons (Fsp3) is 0.273. The van der Waals surface area contributed by atoms with Crippen molar-refractivity contribution in [1.29, 1.82) is 0 Å². The van der Waals surface area contributed by atoms with E-state index in [1.54, 1.807) is 23.9 Å². The molecule has 0 fully saturated rings. The molecule has 30 heavy (non-hydrogen) atoms. The van der Waals surface area contributed by atoms with E-state index in [0.29, 0.717) is 27.8 Å². The van der Waals surface area contributed by atoms with Gasteiger partial charge >= 0.3 is 6.03 Å². The number of likely N-dealkylation sites (N-methyl/N-ethyl adjacent to an activating group) is 1. The number of benzene rings is 2. The number of rotatable bonds is 3. The van der Waals surface area contributed by atoms with Crippen molar-refractivity contribution in [2.24, 2.45) is 0 Å². The lowest BCUT2D eigenvalue weighted by Crippen LogP contribution is -2.38. The van der Waals surface area contributed by atoms with Crippen molar-refractivity contribution in [2.45, 2.75) is 32.4 Å². The summed E-state index contributed by atoms with van der Waals surface area (Å²) in [6, 6.07) is 12.3. The van der Waals surface area contributed by atoms with Crippen LogP contribution in [0.1, 0.15) is 28.6 Å². The first-order valence-electron chi connectivity index (χ1n) is 9.59. The second-order valence-electron chi connectivity index (χ2n) is 7.51. The van der Waals surface area contributed by atoms with Gasteiger partial charge in [0.1, 0.15) is 0 Å². The number of carbonyl (C=O) groups is 1. The topological polar surface area (TPSA) is 70.4 Å². The summed E-state index contributed by atoms with van der Waals surface area (Å²) < 4.78 is 1.80. The van der Waals surface area contributed by atoms with E-state index < -0.39 is 12.1 Å². The third kappa shape index (κ3) is 3.55. The highest BCUT2D eigenvalue weighted by atomic mass is 35.5. The normalized spacial score (nSPS) is 17.7. The number of carbonyl (C=O) groups excluding carboxylic acids is 1. The van der Waals surface area contributed by atoms with Crippen LogP contribution >= 0.6 is 23.2 Å². The molecular formula is C22H22Cl2N4O2. The van der Waals surface area contributed by atoms with E-state index in [9.17, 15) is 9.90 Å². The monoisotopic (exact) mass is 444 g/mol. The number of anilines is 1.